The number of aryl methyl sites for hydroxylation is 2. The predicted octanol–water partition coefficient (Wildman–Crippen LogP) is 15.3. The van der Waals surface area contributed by atoms with Crippen LogP contribution in [0.5, 0.6) is 0 Å². The summed E-state index contributed by atoms with van der Waals surface area (Å²) >= 11 is 0. The summed E-state index contributed by atoms with van der Waals surface area (Å²) in [7, 11) is 0. The Balaban J connectivity index is 0.822. The highest BCUT2D eigenvalue weighted by molar-refractivity contribution is 6.14. The van der Waals surface area contributed by atoms with Crippen molar-refractivity contribution in [1.29, 1.82) is 10.5 Å². The third kappa shape index (κ3) is 5.71. The van der Waals surface area contributed by atoms with Crippen LogP contribution in [0, 0.1) is 22.7 Å². The molecule has 304 valence electrons. The lowest BCUT2D eigenvalue weighted by Gasteiger charge is -2.10. The van der Waals surface area contributed by atoms with E-state index in [0.29, 0.717) is 22.3 Å². The maximum Gasteiger partial charge on any atom is 0.143 e. The third-order valence-corrected chi connectivity index (χ3v) is 13.3. The van der Waals surface area contributed by atoms with Gasteiger partial charge in [-0.25, -0.2) is 0 Å². The zero-order chi connectivity index (χ0) is 43.2. The lowest BCUT2D eigenvalue weighted by Crippen LogP contribution is -1.96. The van der Waals surface area contributed by atoms with Gasteiger partial charge >= 0.3 is 0 Å². The molecule has 0 bridgehead atoms. The van der Waals surface area contributed by atoms with E-state index in [1.807, 2.05) is 36.4 Å². The Morgan fingerprint density at radius 1 is 0.400 bits per heavy atom. The van der Waals surface area contributed by atoms with Gasteiger partial charge in [-0.3, -0.25) is 0 Å². The first-order chi connectivity index (χ1) is 32.1. The average Bonchev–Trinajstić information content (AvgIpc) is 4.11. The molecule has 0 spiro atoms. The molecule has 13 aromatic rings. The van der Waals surface area contributed by atoms with Crippen molar-refractivity contribution >= 4 is 87.5 Å². The van der Waals surface area contributed by atoms with Gasteiger partial charge in [0.05, 0.1) is 45.3 Å². The normalized spacial score (nSPS) is 11.8. The van der Waals surface area contributed by atoms with Crippen molar-refractivity contribution < 1.29 is 8.83 Å². The Bertz CT molecular complexity index is 4190. The fraction of sp³-hybridized carbons (Fsp3) is 0.0508. The van der Waals surface area contributed by atoms with Crippen LogP contribution in [-0.4, -0.2) is 9.13 Å². The van der Waals surface area contributed by atoms with Crippen LogP contribution in [0.2, 0.25) is 0 Å². The molecule has 0 aliphatic carbocycles. The first kappa shape index (κ1) is 36.8. The molecule has 0 radical (unpaired) electrons. The zero-order valence-electron chi connectivity index (χ0n) is 35.0. The van der Waals surface area contributed by atoms with Crippen LogP contribution in [0.25, 0.3) is 110 Å². The summed E-state index contributed by atoms with van der Waals surface area (Å²) in [5, 5.41) is 28.2. The van der Waals surface area contributed by atoms with Crippen molar-refractivity contribution in [2.75, 3.05) is 0 Å². The van der Waals surface area contributed by atoms with E-state index in [4.69, 9.17) is 8.83 Å². The monoisotopic (exact) mass is 832 g/mol. The number of fused-ring (bicyclic) bond motifs is 12. The SMILES string of the molecule is N#Cc1ccc2oc3c(-c4ccc5oc6c(CCCc7ccc8c(c7)c7ccccc7n8-c7ccc8c(c7)c7ccccc7n8-c7ccccc7)cccc6c5c4)cc(C#N)cc3c2c1. The van der Waals surface area contributed by atoms with Gasteiger partial charge in [-0.1, -0.05) is 84.9 Å². The highest BCUT2D eigenvalue weighted by Gasteiger charge is 2.19. The summed E-state index contributed by atoms with van der Waals surface area (Å²) in [6.45, 7) is 0. The molecule has 0 amide bonds. The highest BCUT2D eigenvalue weighted by atomic mass is 16.3. The van der Waals surface area contributed by atoms with E-state index >= 15 is 0 Å². The van der Waals surface area contributed by atoms with Crippen LogP contribution in [0.4, 0.5) is 0 Å². The van der Waals surface area contributed by atoms with Crippen LogP contribution in [0.3, 0.4) is 0 Å². The second-order valence-corrected chi connectivity index (χ2v) is 17.0. The number of benzene rings is 9. The number of furan rings is 2. The molecule has 6 nitrogen and oxygen atoms in total. The molecule has 0 atom stereocenters. The number of nitrogens with zero attached hydrogens (tertiary/aromatic N) is 4. The topological polar surface area (TPSA) is 83.7 Å². The average molecular weight is 833 g/mol. The Morgan fingerprint density at radius 3 is 1.82 bits per heavy atom. The van der Waals surface area contributed by atoms with Gasteiger partial charge in [-0.05, 0) is 133 Å². The first-order valence-corrected chi connectivity index (χ1v) is 22.0. The number of nitriles is 2. The number of para-hydroxylation sites is 4. The first-order valence-electron chi connectivity index (χ1n) is 22.0. The number of hydrogen-bond donors (Lipinski definition) is 0. The molecule has 0 aliphatic rings. The molecule has 0 saturated heterocycles. The van der Waals surface area contributed by atoms with Crippen molar-refractivity contribution in [3.8, 4) is 34.6 Å². The molecule has 65 heavy (non-hydrogen) atoms. The van der Waals surface area contributed by atoms with Crippen molar-refractivity contribution in [3.05, 3.63) is 204 Å². The molecule has 0 unspecified atom stereocenters. The van der Waals surface area contributed by atoms with Crippen LogP contribution in [0.15, 0.2) is 191 Å². The number of rotatable bonds is 7. The Morgan fingerprint density at radius 2 is 1.03 bits per heavy atom. The predicted molar refractivity (Wildman–Crippen MR) is 263 cm³/mol. The molecular formula is C59H36N4O2. The molecule has 9 aromatic carbocycles. The van der Waals surface area contributed by atoms with Crippen LogP contribution in [0.1, 0.15) is 28.7 Å². The van der Waals surface area contributed by atoms with Gasteiger partial charge in [-0.15, -0.1) is 0 Å². The molecule has 4 heterocycles. The summed E-state index contributed by atoms with van der Waals surface area (Å²) in [5.74, 6) is 0. The van der Waals surface area contributed by atoms with Crippen LogP contribution >= 0.6 is 0 Å². The van der Waals surface area contributed by atoms with E-state index < -0.39 is 0 Å². The largest absolute Gasteiger partial charge is 0.456 e. The minimum Gasteiger partial charge on any atom is -0.456 e. The maximum atomic E-state index is 10.0. The van der Waals surface area contributed by atoms with Gasteiger partial charge in [0, 0.05) is 60.0 Å². The summed E-state index contributed by atoms with van der Waals surface area (Å²) in [4.78, 5) is 0. The Hall–Kier alpha value is -8.84. The standard InChI is InChI=1S/C59H36N4O2/c60-34-37-21-26-56-49(29-37)51-31-38(35-61)30-46(59(51)65-56)40-22-27-57-50(32-40)45-17-9-12-39(58(45)64-57)11-8-10-36-20-24-54-47(28-36)43-15-4-7-19-53(43)63(54)42-23-25-55-48(33-42)44-16-5-6-18-52(44)62(55)41-13-2-1-3-14-41/h1-7,9,12-33H,8,10-11H2. The maximum absolute atomic E-state index is 10.0. The smallest absolute Gasteiger partial charge is 0.143 e. The van der Waals surface area contributed by atoms with E-state index in [-0.39, 0.29) is 0 Å². The molecule has 0 aliphatic heterocycles. The Labute approximate surface area is 372 Å². The van der Waals surface area contributed by atoms with Crippen LogP contribution in [-0.2, 0) is 12.8 Å². The minimum absolute atomic E-state index is 0.531. The molecular weight excluding hydrogens is 797 g/mol. The van der Waals surface area contributed by atoms with Gasteiger partial charge in [0.15, 0.2) is 0 Å². The number of aromatic nitrogens is 2. The molecule has 0 N–H and O–H groups in total. The van der Waals surface area contributed by atoms with E-state index in [2.05, 4.69) is 161 Å². The lowest BCUT2D eigenvalue weighted by atomic mass is 9.97. The van der Waals surface area contributed by atoms with E-state index in [1.54, 1.807) is 6.07 Å². The van der Waals surface area contributed by atoms with Gasteiger partial charge < -0.3 is 18.0 Å². The van der Waals surface area contributed by atoms with Gasteiger partial charge in [0.2, 0.25) is 0 Å². The van der Waals surface area contributed by atoms with Crippen LogP contribution < -0.4 is 0 Å². The summed E-state index contributed by atoms with van der Waals surface area (Å²) < 4.78 is 17.8. The van der Waals surface area contributed by atoms with E-state index in [9.17, 15) is 10.5 Å². The summed E-state index contributed by atoms with van der Waals surface area (Å²) in [6, 6.07) is 68.2. The van der Waals surface area contributed by atoms with Gasteiger partial charge in [0.1, 0.15) is 22.3 Å². The summed E-state index contributed by atoms with van der Waals surface area (Å²) in [6.07, 6.45) is 2.76. The van der Waals surface area contributed by atoms with Crippen molar-refractivity contribution in [2.45, 2.75) is 19.3 Å². The van der Waals surface area contributed by atoms with Gasteiger partial charge in [-0.2, -0.15) is 10.5 Å². The fourth-order valence-corrected chi connectivity index (χ4v) is 10.3. The highest BCUT2D eigenvalue weighted by Crippen LogP contribution is 2.41. The molecule has 0 fully saturated rings. The minimum atomic E-state index is 0.531. The second kappa shape index (κ2) is 14.4. The molecule has 6 heteroatoms. The lowest BCUT2D eigenvalue weighted by molar-refractivity contribution is 0.659. The zero-order valence-corrected chi connectivity index (χ0v) is 35.0. The van der Waals surface area contributed by atoms with Crippen molar-refractivity contribution in [3.63, 3.8) is 0 Å². The number of hydrogen-bond acceptors (Lipinski definition) is 4. The Kier molecular flexibility index (Phi) is 8.12. The van der Waals surface area contributed by atoms with E-state index in [0.717, 1.165) is 74.5 Å². The molecule has 4 aromatic heterocycles. The van der Waals surface area contributed by atoms with Crippen molar-refractivity contribution in [1.82, 2.24) is 9.13 Å². The molecule has 13 rings (SSSR count). The van der Waals surface area contributed by atoms with E-state index in [1.165, 1.54) is 54.7 Å². The van der Waals surface area contributed by atoms with Crippen molar-refractivity contribution in [2.24, 2.45) is 0 Å². The quantitative estimate of drug-likeness (QED) is 0.160. The summed E-state index contributed by atoms with van der Waals surface area (Å²) in [5.41, 5.74) is 15.5. The molecule has 0 saturated carbocycles. The fourth-order valence-electron chi connectivity index (χ4n) is 10.3. The third-order valence-electron chi connectivity index (χ3n) is 13.3. The van der Waals surface area contributed by atoms with Gasteiger partial charge in [0.25, 0.3) is 0 Å². The second-order valence-electron chi connectivity index (χ2n) is 17.0.